The fraction of sp³-hybridized carbons (Fsp3) is 0.286. The van der Waals surface area contributed by atoms with Gasteiger partial charge in [-0.05, 0) is 62.2 Å². The van der Waals surface area contributed by atoms with Crippen LogP contribution in [0.3, 0.4) is 0 Å². The van der Waals surface area contributed by atoms with Crippen molar-refractivity contribution in [2.45, 2.75) is 26.7 Å². The number of nitrogens with zero attached hydrogens (tertiary/aromatic N) is 2. The van der Waals surface area contributed by atoms with Crippen molar-refractivity contribution in [3.63, 3.8) is 0 Å². The summed E-state index contributed by atoms with van der Waals surface area (Å²) >= 11 is 0. The molecular formula is C21H26N4O3. The number of nitrogens with two attached hydrogens (primary N) is 2. The summed E-state index contributed by atoms with van der Waals surface area (Å²) in [5.41, 5.74) is 12.6. The lowest BCUT2D eigenvalue weighted by atomic mass is 10.1. The average Bonchev–Trinajstić information content (AvgIpc) is 2.68. The van der Waals surface area contributed by atoms with E-state index in [1.165, 1.54) is 0 Å². The van der Waals surface area contributed by atoms with Gasteiger partial charge in [0.15, 0.2) is 5.96 Å². The van der Waals surface area contributed by atoms with Gasteiger partial charge in [0.25, 0.3) is 0 Å². The van der Waals surface area contributed by atoms with Crippen molar-refractivity contribution in [3.05, 3.63) is 59.7 Å². The van der Waals surface area contributed by atoms with Gasteiger partial charge in [-0.25, -0.2) is 9.79 Å². The highest BCUT2D eigenvalue weighted by Gasteiger charge is 2.11. The number of hydrogen-bond acceptors (Lipinski definition) is 4. The van der Waals surface area contributed by atoms with E-state index in [0.717, 1.165) is 18.7 Å². The maximum absolute atomic E-state index is 12.2. The first-order valence-electron chi connectivity index (χ1n) is 9.21. The second-order valence-corrected chi connectivity index (χ2v) is 6.18. The predicted octanol–water partition coefficient (Wildman–Crippen LogP) is 2.61. The Morgan fingerprint density at radius 2 is 1.57 bits per heavy atom. The minimum absolute atomic E-state index is 0.0470. The van der Waals surface area contributed by atoms with E-state index in [-0.39, 0.29) is 11.9 Å². The van der Waals surface area contributed by atoms with Crippen LogP contribution in [0.15, 0.2) is 53.5 Å². The van der Waals surface area contributed by atoms with Crippen LogP contribution in [0.5, 0.6) is 5.75 Å². The van der Waals surface area contributed by atoms with Crippen molar-refractivity contribution in [1.82, 2.24) is 4.90 Å². The Labute approximate surface area is 165 Å². The zero-order chi connectivity index (χ0) is 20.5. The molecule has 28 heavy (non-hydrogen) atoms. The van der Waals surface area contributed by atoms with Crippen LogP contribution in [0, 0.1) is 0 Å². The Hall–Kier alpha value is -3.35. The lowest BCUT2D eigenvalue weighted by Gasteiger charge is -2.18. The highest BCUT2D eigenvalue weighted by Crippen LogP contribution is 2.17. The molecule has 0 aliphatic rings. The Kier molecular flexibility index (Phi) is 7.56. The standard InChI is InChI=1S/C21H26N4O3/c1-3-25(4-2)19(26)14-7-15-5-12-18(13-6-15)28-20(27)16-8-10-17(11-9-16)24-21(22)23/h5-6,8-13H,3-4,7,14H2,1-2H3,(H4,22,23,24). The van der Waals surface area contributed by atoms with Gasteiger partial charge >= 0.3 is 5.97 Å². The van der Waals surface area contributed by atoms with Crippen molar-refractivity contribution in [1.29, 1.82) is 0 Å². The smallest absolute Gasteiger partial charge is 0.343 e. The number of rotatable bonds is 8. The van der Waals surface area contributed by atoms with E-state index >= 15 is 0 Å². The van der Waals surface area contributed by atoms with Crippen molar-refractivity contribution in [2.75, 3.05) is 13.1 Å². The van der Waals surface area contributed by atoms with Crippen LogP contribution in [0.2, 0.25) is 0 Å². The van der Waals surface area contributed by atoms with Gasteiger partial charge in [-0.3, -0.25) is 4.79 Å². The van der Waals surface area contributed by atoms with E-state index in [0.29, 0.717) is 29.8 Å². The summed E-state index contributed by atoms with van der Waals surface area (Å²) in [5, 5.41) is 0. The van der Waals surface area contributed by atoms with Crippen LogP contribution < -0.4 is 16.2 Å². The third kappa shape index (κ3) is 6.12. The van der Waals surface area contributed by atoms with E-state index in [1.807, 2.05) is 30.9 Å². The van der Waals surface area contributed by atoms with Gasteiger partial charge < -0.3 is 21.1 Å². The third-order valence-electron chi connectivity index (χ3n) is 4.24. The van der Waals surface area contributed by atoms with Crippen LogP contribution in [-0.2, 0) is 11.2 Å². The number of guanidine groups is 1. The summed E-state index contributed by atoms with van der Waals surface area (Å²) in [6.07, 6.45) is 1.11. The molecule has 148 valence electrons. The maximum Gasteiger partial charge on any atom is 0.343 e. The molecule has 0 fully saturated rings. The van der Waals surface area contributed by atoms with E-state index in [1.54, 1.807) is 36.4 Å². The summed E-state index contributed by atoms with van der Waals surface area (Å²) in [5.74, 6) is 0.0664. The van der Waals surface area contributed by atoms with Gasteiger partial charge in [0.2, 0.25) is 5.91 Å². The van der Waals surface area contributed by atoms with Crippen molar-refractivity contribution >= 4 is 23.5 Å². The monoisotopic (exact) mass is 382 g/mol. The molecule has 4 N–H and O–H groups in total. The first-order valence-corrected chi connectivity index (χ1v) is 9.21. The van der Waals surface area contributed by atoms with Crippen LogP contribution in [-0.4, -0.2) is 35.8 Å². The summed E-state index contributed by atoms with van der Waals surface area (Å²) in [7, 11) is 0. The van der Waals surface area contributed by atoms with Crippen LogP contribution in [0.4, 0.5) is 5.69 Å². The first-order chi connectivity index (χ1) is 13.4. The number of carbonyl (C=O) groups is 2. The summed E-state index contributed by atoms with van der Waals surface area (Å²) < 4.78 is 5.38. The quantitative estimate of drug-likeness (QED) is 0.315. The number of aliphatic imine (C=N–C) groups is 1. The summed E-state index contributed by atoms with van der Waals surface area (Å²) in [4.78, 5) is 30.0. The molecule has 2 aromatic carbocycles. The lowest BCUT2D eigenvalue weighted by molar-refractivity contribution is -0.130. The van der Waals surface area contributed by atoms with Crippen LogP contribution >= 0.6 is 0 Å². The van der Waals surface area contributed by atoms with E-state index in [9.17, 15) is 9.59 Å². The molecule has 0 saturated heterocycles. The molecule has 0 unspecified atom stereocenters. The second kappa shape index (κ2) is 10.1. The Bertz CT molecular complexity index is 822. The highest BCUT2D eigenvalue weighted by atomic mass is 16.5. The topological polar surface area (TPSA) is 111 Å². The molecule has 2 aromatic rings. The fourth-order valence-corrected chi connectivity index (χ4v) is 2.70. The zero-order valence-electron chi connectivity index (χ0n) is 16.2. The molecule has 7 nitrogen and oxygen atoms in total. The summed E-state index contributed by atoms with van der Waals surface area (Å²) in [6, 6.07) is 13.6. The zero-order valence-corrected chi connectivity index (χ0v) is 16.2. The molecular weight excluding hydrogens is 356 g/mol. The van der Waals surface area contributed by atoms with Crippen molar-refractivity contribution < 1.29 is 14.3 Å². The maximum atomic E-state index is 12.2. The minimum atomic E-state index is -0.472. The molecule has 0 aliphatic carbocycles. The molecule has 0 spiro atoms. The highest BCUT2D eigenvalue weighted by molar-refractivity contribution is 5.91. The molecule has 7 heteroatoms. The van der Waals surface area contributed by atoms with Crippen LogP contribution in [0.25, 0.3) is 0 Å². The van der Waals surface area contributed by atoms with Crippen LogP contribution in [0.1, 0.15) is 36.2 Å². The van der Waals surface area contributed by atoms with E-state index in [2.05, 4.69) is 4.99 Å². The normalized spacial score (nSPS) is 10.2. The van der Waals surface area contributed by atoms with Gasteiger partial charge in [-0.15, -0.1) is 0 Å². The number of hydrogen-bond donors (Lipinski definition) is 2. The van der Waals surface area contributed by atoms with Gasteiger partial charge in [0.05, 0.1) is 11.3 Å². The van der Waals surface area contributed by atoms with E-state index in [4.69, 9.17) is 16.2 Å². The molecule has 1 amide bonds. The minimum Gasteiger partial charge on any atom is -0.423 e. The van der Waals surface area contributed by atoms with Crippen molar-refractivity contribution in [3.8, 4) is 5.75 Å². The molecule has 0 saturated carbocycles. The Balaban J connectivity index is 1.92. The number of benzene rings is 2. The number of ether oxygens (including phenoxy) is 1. The van der Waals surface area contributed by atoms with Crippen molar-refractivity contribution in [2.24, 2.45) is 16.5 Å². The first kappa shape index (κ1) is 21.0. The molecule has 0 aliphatic heterocycles. The number of carbonyl (C=O) groups excluding carboxylic acids is 2. The van der Waals surface area contributed by atoms with E-state index < -0.39 is 5.97 Å². The van der Waals surface area contributed by atoms with Gasteiger partial charge in [0.1, 0.15) is 5.75 Å². The Morgan fingerprint density at radius 1 is 0.964 bits per heavy atom. The van der Waals surface area contributed by atoms with Gasteiger partial charge in [-0.1, -0.05) is 12.1 Å². The molecule has 0 atom stereocenters. The molecule has 0 radical (unpaired) electrons. The largest absolute Gasteiger partial charge is 0.423 e. The summed E-state index contributed by atoms with van der Waals surface area (Å²) in [6.45, 7) is 5.38. The molecule has 2 rings (SSSR count). The fourth-order valence-electron chi connectivity index (χ4n) is 2.70. The number of amides is 1. The Morgan fingerprint density at radius 3 is 2.11 bits per heavy atom. The third-order valence-corrected chi connectivity index (χ3v) is 4.24. The predicted molar refractivity (Wildman–Crippen MR) is 110 cm³/mol. The SMILES string of the molecule is CCN(CC)C(=O)CCc1ccc(OC(=O)c2ccc(N=C(N)N)cc2)cc1. The average molecular weight is 382 g/mol. The van der Waals surface area contributed by atoms with Gasteiger partial charge in [0, 0.05) is 19.5 Å². The molecule has 0 heterocycles. The number of esters is 1. The lowest BCUT2D eigenvalue weighted by Crippen LogP contribution is -2.30. The van der Waals surface area contributed by atoms with Gasteiger partial charge in [-0.2, -0.15) is 0 Å². The second-order valence-electron chi connectivity index (χ2n) is 6.18. The molecule has 0 aromatic heterocycles. The molecule has 0 bridgehead atoms. The number of aryl methyl sites for hydroxylation is 1.